The Balaban J connectivity index is 1.84. The average Bonchev–Trinajstić information content (AvgIpc) is 2.59. The Labute approximate surface area is 148 Å². The van der Waals surface area contributed by atoms with Gasteiger partial charge in [-0.15, -0.1) is 0 Å². The van der Waals surface area contributed by atoms with Crippen molar-refractivity contribution < 1.29 is 14.4 Å². The van der Waals surface area contributed by atoms with E-state index in [9.17, 15) is 14.4 Å². The zero-order chi connectivity index (χ0) is 18.2. The fourth-order valence-corrected chi connectivity index (χ4v) is 3.13. The SMILES string of the molecule is CCCNC(=O)C1CCC(C(=O)Nc2cccc(NC(C)=O)c2)CC1. The maximum atomic E-state index is 12.5. The van der Waals surface area contributed by atoms with Crippen molar-refractivity contribution in [1.82, 2.24) is 5.32 Å². The lowest BCUT2D eigenvalue weighted by Crippen LogP contribution is -2.35. The van der Waals surface area contributed by atoms with E-state index in [1.54, 1.807) is 24.3 Å². The van der Waals surface area contributed by atoms with E-state index in [2.05, 4.69) is 16.0 Å². The molecule has 0 radical (unpaired) electrons. The summed E-state index contributed by atoms with van der Waals surface area (Å²) in [5.41, 5.74) is 1.32. The number of hydrogen-bond donors (Lipinski definition) is 3. The van der Waals surface area contributed by atoms with Gasteiger partial charge in [-0.2, -0.15) is 0 Å². The van der Waals surface area contributed by atoms with Crippen molar-refractivity contribution in [2.24, 2.45) is 11.8 Å². The predicted molar refractivity (Wildman–Crippen MR) is 98.1 cm³/mol. The molecule has 0 heterocycles. The minimum Gasteiger partial charge on any atom is -0.356 e. The molecule has 6 heteroatoms. The Kier molecular flexibility index (Phi) is 6.98. The summed E-state index contributed by atoms with van der Waals surface area (Å²) in [5, 5.41) is 8.54. The smallest absolute Gasteiger partial charge is 0.227 e. The molecule has 1 aromatic carbocycles. The first-order chi connectivity index (χ1) is 12.0. The fourth-order valence-electron chi connectivity index (χ4n) is 3.13. The number of rotatable bonds is 6. The molecule has 0 saturated heterocycles. The number of carbonyl (C=O) groups excluding carboxylic acids is 3. The Hall–Kier alpha value is -2.37. The quantitative estimate of drug-likeness (QED) is 0.741. The molecule has 136 valence electrons. The van der Waals surface area contributed by atoms with Crippen LogP contribution in [0, 0.1) is 11.8 Å². The molecule has 1 aliphatic carbocycles. The van der Waals surface area contributed by atoms with Gasteiger partial charge in [-0.05, 0) is 50.3 Å². The Morgan fingerprint density at radius 2 is 1.52 bits per heavy atom. The van der Waals surface area contributed by atoms with E-state index in [1.807, 2.05) is 6.92 Å². The first kappa shape index (κ1) is 19.0. The lowest BCUT2D eigenvalue weighted by Gasteiger charge is -2.27. The maximum Gasteiger partial charge on any atom is 0.227 e. The predicted octanol–water partition coefficient (Wildman–Crippen LogP) is 2.92. The van der Waals surface area contributed by atoms with E-state index in [0.717, 1.165) is 32.1 Å². The number of hydrogen-bond acceptors (Lipinski definition) is 3. The standard InChI is InChI=1S/C19H27N3O3/c1-3-11-20-18(24)14-7-9-15(10-8-14)19(25)22-17-6-4-5-16(12-17)21-13(2)23/h4-6,12,14-15H,3,7-11H2,1-2H3,(H,20,24)(H,21,23)(H,22,25). The topological polar surface area (TPSA) is 87.3 Å². The van der Waals surface area contributed by atoms with Gasteiger partial charge >= 0.3 is 0 Å². The second-order valence-corrected chi connectivity index (χ2v) is 6.59. The average molecular weight is 345 g/mol. The molecule has 0 unspecified atom stereocenters. The van der Waals surface area contributed by atoms with Crippen LogP contribution in [0.5, 0.6) is 0 Å². The minimum atomic E-state index is -0.150. The van der Waals surface area contributed by atoms with Gasteiger partial charge in [-0.1, -0.05) is 13.0 Å². The second-order valence-electron chi connectivity index (χ2n) is 6.59. The van der Waals surface area contributed by atoms with Crippen LogP contribution in [0.3, 0.4) is 0 Å². The molecule has 0 bridgehead atoms. The fraction of sp³-hybridized carbons (Fsp3) is 0.526. The first-order valence-corrected chi connectivity index (χ1v) is 8.95. The van der Waals surface area contributed by atoms with Crippen LogP contribution in [-0.4, -0.2) is 24.3 Å². The number of amides is 3. The summed E-state index contributed by atoms with van der Waals surface area (Å²) in [6, 6.07) is 7.10. The first-order valence-electron chi connectivity index (χ1n) is 8.95. The number of benzene rings is 1. The lowest BCUT2D eigenvalue weighted by molar-refractivity contribution is -0.128. The van der Waals surface area contributed by atoms with Crippen molar-refractivity contribution in [3.8, 4) is 0 Å². The molecule has 1 aliphatic rings. The highest BCUT2D eigenvalue weighted by molar-refractivity contribution is 5.94. The lowest BCUT2D eigenvalue weighted by atomic mass is 9.81. The third-order valence-corrected chi connectivity index (χ3v) is 4.47. The Bertz CT molecular complexity index is 622. The Morgan fingerprint density at radius 1 is 0.960 bits per heavy atom. The normalized spacial score (nSPS) is 19.8. The monoisotopic (exact) mass is 345 g/mol. The molecular formula is C19H27N3O3. The van der Waals surface area contributed by atoms with Gasteiger partial charge in [-0.25, -0.2) is 0 Å². The zero-order valence-electron chi connectivity index (χ0n) is 14.9. The van der Waals surface area contributed by atoms with E-state index < -0.39 is 0 Å². The van der Waals surface area contributed by atoms with Crippen LogP contribution in [0.2, 0.25) is 0 Å². The van der Waals surface area contributed by atoms with Gasteiger partial charge in [0, 0.05) is 36.7 Å². The van der Waals surface area contributed by atoms with E-state index >= 15 is 0 Å². The van der Waals surface area contributed by atoms with Crippen LogP contribution in [0.1, 0.15) is 46.0 Å². The van der Waals surface area contributed by atoms with Crippen molar-refractivity contribution in [3.05, 3.63) is 24.3 Å². The van der Waals surface area contributed by atoms with Crippen molar-refractivity contribution in [3.63, 3.8) is 0 Å². The third kappa shape index (κ3) is 5.89. The van der Waals surface area contributed by atoms with E-state index in [-0.39, 0.29) is 29.6 Å². The van der Waals surface area contributed by atoms with Gasteiger partial charge in [0.25, 0.3) is 0 Å². The second kappa shape index (κ2) is 9.20. The largest absolute Gasteiger partial charge is 0.356 e. The minimum absolute atomic E-state index is 0.0209. The summed E-state index contributed by atoms with van der Waals surface area (Å²) < 4.78 is 0. The van der Waals surface area contributed by atoms with E-state index in [0.29, 0.717) is 17.9 Å². The van der Waals surface area contributed by atoms with Gasteiger partial charge in [-0.3, -0.25) is 14.4 Å². The summed E-state index contributed by atoms with van der Waals surface area (Å²) >= 11 is 0. The van der Waals surface area contributed by atoms with Crippen LogP contribution < -0.4 is 16.0 Å². The maximum absolute atomic E-state index is 12.5. The highest BCUT2D eigenvalue weighted by Crippen LogP contribution is 2.30. The molecule has 0 spiro atoms. The highest BCUT2D eigenvalue weighted by atomic mass is 16.2. The molecule has 0 aliphatic heterocycles. The summed E-state index contributed by atoms with van der Waals surface area (Å²) in [5.74, 6) is -0.0994. The summed E-state index contributed by atoms with van der Waals surface area (Å²) in [4.78, 5) is 35.6. The summed E-state index contributed by atoms with van der Waals surface area (Å²) in [6.07, 6.45) is 3.88. The highest BCUT2D eigenvalue weighted by Gasteiger charge is 2.29. The molecule has 6 nitrogen and oxygen atoms in total. The third-order valence-electron chi connectivity index (χ3n) is 4.47. The van der Waals surface area contributed by atoms with Gasteiger partial charge in [0.15, 0.2) is 0 Å². The van der Waals surface area contributed by atoms with Gasteiger partial charge in [0.1, 0.15) is 0 Å². The molecule has 25 heavy (non-hydrogen) atoms. The van der Waals surface area contributed by atoms with E-state index in [4.69, 9.17) is 0 Å². The molecule has 1 aromatic rings. The summed E-state index contributed by atoms with van der Waals surface area (Å²) in [6.45, 7) is 4.19. The zero-order valence-corrected chi connectivity index (χ0v) is 14.9. The number of anilines is 2. The van der Waals surface area contributed by atoms with Gasteiger partial charge in [0.2, 0.25) is 17.7 Å². The van der Waals surface area contributed by atoms with Gasteiger partial charge < -0.3 is 16.0 Å². The Morgan fingerprint density at radius 3 is 2.08 bits per heavy atom. The van der Waals surface area contributed by atoms with Crippen molar-refractivity contribution in [1.29, 1.82) is 0 Å². The number of carbonyl (C=O) groups is 3. The molecular weight excluding hydrogens is 318 g/mol. The molecule has 1 saturated carbocycles. The molecule has 3 N–H and O–H groups in total. The van der Waals surface area contributed by atoms with Crippen LogP contribution >= 0.6 is 0 Å². The van der Waals surface area contributed by atoms with Crippen molar-refractivity contribution in [2.45, 2.75) is 46.0 Å². The summed E-state index contributed by atoms with van der Waals surface area (Å²) in [7, 11) is 0. The van der Waals surface area contributed by atoms with Gasteiger partial charge in [0.05, 0.1) is 0 Å². The molecule has 0 aromatic heterocycles. The van der Waals surface area contributed by atoms with Crippen LogP contribution in [0.4, 0.5) is 11.4 Å². The molecule has 0 atom stereocenters. The van der Waals surface area contributed by atoms with Crippen LogP contribution in [0.25, 0.3) is 0 Å². The molecule has 3 amide bonds. The number of nitrogens with one attached hydrogen (secondary N) is 3. The van der Waals surface area contributed by atoms with Crippen molar-refractivity contribution >= 4 is 29.1 Å². The molecule has 1 fully saturated rings. The van der Waals surface area contributed by atoms with Crippen LogP contribution in [0.15, 0.2) is 24.3 Å². The van der Waals surface area contributed by atoms with Crippen molar-refractivity contribution in [2.75, 3.05) is 17.2 Å². The van der Waals surface area contributed by atoms with E-state index in [1.165, 1.54) is 6.92 Å². The van der Waals surface area contributed by atoms with Crippen LogP contribution in [-0.2, 0) is 14.4 Å². The molecule has 2 rings (SSSR count).